The molecule has 0 saturated carbocycles. The van der Waals surface area contributed by atoms with Crippen LogP contribution in [0.15, 0.2) is 0 Å². The van der Waals surface area contributed by atoms with E-state index in [0.29, 0.717) is 26.4 Å². The molecular weight excluding hydrogens is 134 g/mol. The lowest BCUT2D eigenvalue weighted by Crippen LogP contribution is -2.21. The number of aliphatic hydroxyl groups excluding tert-OH is 1. The zero-order valence-corrected chi connectivity index (χ0v) is 6.30. The molecule has 0 aromatic carbocycles. The fraction of sp³-hybridized carbons (Fsp3) is 1.00. The van der Waals surface area contributed by atoms with Gasteiger partial charge in [0.15, 0.2) is 0 Å². The second-order valence-electron chi connectivity index (χ2n) is 1.76. The van der Waals surface area contributed by atoms with Crippen molar-refractivity contribution < 1.29 is 14.6 Å². The third-order valence-electron chi connectivity index (χ3n) is 0.967. The molecule has 4 heteroatoms. The summed E-state index contributed by atoms with van der Waals surface area (Å²) in [5, 5.41) is 11.0. The van der Waals surface area contributed by atoms with Crippen molar-refractivity contribution >= 4 is 0 Å². The highest BCUT2D eigenvalue weighted by Gasteiger charge is 1.85. The maximum absolute atomic E-state index is 8.28. The van der Waals surface area contributed by atoms with Gasteiger partial charge in [0, 0.05) is 13.7 Å². The number of ether oxygens (including phenoxy) is 2. The average Bonchev–Trinajstić information content (AvgIpc) is 1.97. The van der Waals surface area contributed by atoms with Crippen molar-refractivity contribution in [2.45, 2.75) is 0 Å². The molecule has 0 spiro atoms. The smallest absolute Gasteiger partial charge is 0.0932 e. The molecule has 62 valence electrons. The summed E-state index contributed by atoms with van der Waals surface area (Å²) in [7, 11) is 1.63. The van der Waals surface area contributed by atoms with Crippen LogP contribution in [0, 0.1) is 0 Å². The van der Waals surface area contributed by atoms with Crippen LogP contribution in [0.4, 0.5) is 0 Å². The largest absolute Gasteiger partial charge is 0.382 e. The van der Waals surface area contributed by atoms with Gasteiger partial charge in [-0.05, 0) is 0 Å². The molecule has 0 aromatic heterocycles. The number of aliphatic hydroxyl groups is 1. The Labute approximate surface area is 61.1 Å². The Kier molecular flexibility index (Phi) is 8.70. The highest BCUT2D eigenvalue weighted by atomic mass is 16.5. The first-order valence-electron chi connectivity index (χ1n) is 3.30. The van der Waals surface area contributed by atoms with Crippen LogP contribution >= 0.6 is 0 Å². The quantitative estimate of drug-likeness (QED) is 0.367. The summed E-state index contributed by atoms with van der Waals surface area (Å²) in [4.78, 5) is 0. The Morgan fingerprint density at radius 2 is 2.10 bits per heavy atom. The van der Waals surface area contributed by atoms with Gasteiger partial charge in [0.2, 0.25) is 0 Å². The van der Waals surface area contributed by atoms with Crippen LogP contribution in [0.2, 0.25) is 0 Å². The minimum atomic E-state index is 0.00758. The summed E-state index contributed by atoms with van der Waals surface area (Å²) >= 11 is 0. The van der Waals surface area contributed by atoms with Crippen LogP contribution in [0.1, 0.15) is 0 Å². The van der Waals surface area contributed by atoms with Gasteiger partial charge in [-0.25, -0.2) is 0 Å². The Morgan fingerprint density at radius 3 is 2.70 bits per heavy atom. The summed E-state index contributed by atoms with van der Waals surface area (Å²) in [6.45, 7) is 2.54. The summed E-state index contributed by atoms with van der Waals surface area (Å²) < 4.78 is 9.83. The molecule has 0 aliphatic carbocycles. The highest BCUT2D eigenvalue weighted by Crippen LogP contribution is 1.73. The fourth-order valence-electron chi connectivity index (χ4n) is 0.468. The Balaban J connectivity index is 2.65. The maximum Gasteiger partial charge on any atom is 0.0932 e. The number of hydrogen-bond acceptors (Lipinski definition) is 4. The SMILES string of the molecule is COCCOCCNCO. The minimum Gasteiger partial charge on any atom is -0.382 e. The predicted octanol–water partition coefficient (Wildman–Crippen LogP) is -0.811. The van der Waals surface area contributed by atoms with E-state index in [1.165, 1.54) is 0 Å². The molecule has 0 unspecified atom stereocenters. The Morgan fingerprint density at radius 1 is 1.30 bits per heavy atom. The number of nitrogens with one attached hydrogen (secondary N) is 1. The molecule has 4 nitrogen and oxygen atoms in total. The molecule has 0 fully saturated rings. The van der Waals surface area contributed by atoms with E-state index < -0.39 is 0 Å². The molecule has 0 aliphatic rings. The molecule has 0 atom stereocenters. The molecule has 0 amide bonds. The second kappa shape index (κ2) is 8.84. The van der Waals surface area contributed by atoms with Gasteiger partial charge in [0.05, 0.1) is 26.6 Å². The summed E-state index contributed by atoms with van der Waals surface area (Å²) in [5.41, 5.74) is 0. The maximum atomic E-state index is 8.28. The highest BCUT2D eigenvalue weighted by molar-refractivity contribution is 4.36. The average molecular weight is 149 g/mol. The van der Waals surface area contributed by atoms with Gasteiger partial charge < -0.3 is 14.6 Å². The van der Waals surface area contributed by atoms with Crippen molar-refractivity contribution in [3.8, 4) is 0 Å². The van der Waals surface area contributed by atoms with Gasteiger partial charge >= 0.3 is 0 Å². The van der Waals surface area contributed by atoms with Gasteiger partial charge in [-0.15, -0.1) is 0 Å². The van der Waals surface area contributed by atoms with Crippen molar-refractivity contribution in [1.29, 1.82) is 0 Å². The van der Waals surface area contributed by atoms with E-state index in [1.807, 2.05) is 0 Å². The van der Waals surface area contributed by atoms with Crippen molar-refractivity contribution in [1.82, 2.24) is 5.32 Å². The molecule has 0 aliphatic heterocycles. The van der Waals surface area contributed by atoms with E-state index in [9.17, 15) is 0 Å². The van der Waals surface area contributed by atoms with Crippen LogP contribution in [0.5, 0.6) is 0 Å². The first-order chi connectivity index (χ1) is 4.91. The van der Waals surface area contributed by atoms with Gasteiger partial charge in [0.25, 0.3) is 0 Å². The summed E-state index contributed by atoms with van der Waals surface area (Å²) in [5.74, 6) is 0. The molecule has 0 aromatic rings. The van der Waals surface area contributed by atoms with Crippen LogP contribution in [0.25, 0.3) is 0 Å². The van der Waals surface area contributed by atoms with Crippen molar-refractivity contribution in [2.24, 2.45) is 0 Å². The van der Waals surface area contributed by atoms with Crippen LogP contribution in [-0.2, 0) is 9.47 Å². The zero-order valence-electron chi connectivity index (χ0n) is 6.30. The Hall–Kier alpha value is -0.160. The molecule has 2 N–H and O–H groups in total. The fourth-order valence-corrected chi connectivity index (χ4v) is 0.468. The van der Waals surface area contributed by atoms with Crippen LogP contribution < -0.4 is 5.32 Å². The number of rotatable bonds is 7. The molecule has 0 rings (SSSR count). The number of methoxy groups -OCH3 is 1. The zero-order chi connectivity index (χ0) is 7.66. The second-order valence-corrected chi connectivity index (χ2v) is 1.76. The van der Waals surface area contributed by atoms with Crippen LogP contribution in [-0.4, -0.2) is 45.3 Å². The molecule has 0 saturated heterocycles. The van der Waals surface area contributed by atoms with Gasteiger partial charge in [0.1, 0.15) is 0 Å². The summed E-state index contributed by atoms with van der Waals surface area (Å²) in [6.07, 6.45) is 0. The first kappa shape index (κ1) is 9.84. The van der Waals surface area contributed by atoms with E-state index >= 15 is 0 Å². The van der Waals surface area contributed by atoms with E-state index in [2.05, 4.69) is 5.32 Å². The van der Waals surface area contributed by atoms with Crippen LogP contribution in [0.3, 0.4) is 0 Å². The standard InChI is InChI=1S/C6H15NO3/c1-9-4-5-10-3-2-7-6-8/h7-8H,2-6H2,1H3. The van der Waals surface area contributed by atoms with E-state index in [1.54, 1.807) is 7.11 Å². The lowest BCUT2D eigenvalue weighted by Gasteiger charge is -2.02. The van der Waals surface area contributed by atoms with Gasteiger partial charge in [-0.2, -0.15) is 0 Å². The van der Waals surface area contributed by atoms with Gasteiger partial charge in [-0.1, -0.05) is 0 Å². The predicted molar refractivity (Wildman–Crippen MR) is 37.8 cm³/mol. The van der Waals surface area contributed by atoms with Crippen molar-refractivity contribution in [2.75, 3.05) is 40.2 Å². The molecule has 10 heavy (non-hydrogen) atoms. The normalized spacial score (nSPS) is 10.2. The number of hydrogen-bond donors (Lipinski definition) is 2. The first-order valence-corrected chi connectivity index (χ1v) is 3.30. The molecule has 0 bridgehead atoms. The topological polar surface area (TPSA) is 50.7 Å². The summed E-state index contributed by atoms with van der Waals surface area (Å²) in [6, 6.07) is 0. The van der Waals surface area contributed by atoms with E-state index in [4.69, 9.17) is 14.6 Å². The van der Waals surface area contributed by atoms with E-state index in [-0.39, 0.29) is 6.73 Å². The Bertz CT molecular complexity index is 53.0. The van der Waals surface area contributed by atoms with Gasteiger partial charge in [-0.3, -0.25) is 5.32 Å². The molecule has 0 radical (unpaired) electrons. The molecule has 0 heterocycles. The van der Waals surface area contributed by atoms with Crippen molar-refractivity contribution in [3.05, 3.63) is 0 Å². The minimum absolute atomic E-state index is 0.00758. The third kappa shape index (κ3) is 7.84. The van der Waals surface area contributed by atoms with Crippen molar-refractivity contribution in [3.63, 3.8) is 0 Å². The monoisotopic (exact) mass is 149 g/mol. The molecular formula is C6H15NO3. The van der Waals surface area contributed by atoms with E-state index in [0.717, 1.165) is 0 Å². The third-order valence-corrected chi connectivity index (χ3v) is 0.967. The lowest BCUT2D eigenvalue weighted by atomic mass is 10.7. The lowest BCUT2D eigenvalue weighted by molar-refractivity contribution is 0.0695.